The molecule has 0 atom stereocenters. The molecule has 37 heavy (non-hydrogen) atoms. The van der Waals surface area contributed by atoms with Crippen molar-refractivity contribution in [1.82, 2.24) is 4.98 Å². The molecule has 1 aromatic heterocycles. The second-order valence-corrected chi connectivity index (χ2v) is 9.57. The number of thioether (sulfide) groups is 1. The van der Waals surface area contributed by atoms with Crippen LogP contribution in [0.5, 0.6) is 5.75 Å². The van der Waals surface area contributed by atoms with E-state index in [2.05, 4.69) is 15.6 Å². The van der Waals surface area contributed by atoms with Crippen molar-refractivity contribution in [2.45, 2.75) is 11.8 Å². The number of carbonyl (C=O) groups is 3. The number of hydrogen-bond donors (Lipinski definition) is 3. The monoisotopic (exact) mass is 533 g/mol. The fourth-order valence-corrected chi connectivity index (χ4v) is 4.79. The Hall–Kier alpha value is -4.15. The van der Waals surface area contributed by atoms with Gasteiger partial charge in [-0.3, -0.25) is 9.59 Å². The third-order valence-corrected chi connectivity index (χ3v) is 6.87. The van der Waals surface area contributed by atoms with E-state index in [-0.39, 0.29) is 22.8 Å². The van der Waals surface area contributed by atoms with E-state index in [9.17, 15) is 19.5 Å². The van der Waals surface area contributed by atoms with Gasteiger partial charge in [0.1, 0.15) is 5.75 Å². The van der Waals surface area contributed by atoms with E-state index >= 15 is 0 Å². The predicted octanol–water partition coefficient (Wildman–Crippen LogP) is 5.89. The standard InChI is InChI=1S/C27H23N3O5S2/c1-2-35-19-11-7-17(8-12-19)23-15-37-27(29-23)30-24(31)16-36-20-13-9-18(10-14-20)28-25(32)21-5-3-4-6-22(21)26(33)34/h3-15H,2,16H2,1H3,(H,28,32)(H,33,34)(H,29,30,31). The minimum absolute atomic E-state index is 0.0648. The van der Waals surface area contributed by atoms with Gasteiger partial charge in [-0.15, -0.1) is 23.1 Å². The number of carbonyl (C=O) groups excluding carboxylic acids is 2. The van der Waals surface area contributed by atoms with Gasteiger partial charge < -0.3 is 20.5 Å². The molecule has 0 saturated heterocycles. The number of nitrogens with one attached hydrogen (secondary N) is 2. The molecule has 4 rings (SSSR count). The predicted molar refractivity (Wildman–Crippen MR) is 146 cm³/mol. The van der Waals surface area contributed by atoms with Crippen LogP contribution in [0.1, 0.15) is 27.6 Å². The summed E-state index contributed by atoms with van der Waals surface area (Å²) in [5.74, 6) is -0.867. The lowest BCUT2D eigenvalue weighted by Crippen LogP contribution is -2.16. The van der Waals surface area contributed by atoms with Gasteiger partial charge in [0.2, 0.25) is 5.91 Å². The number of carboxylic acid groups (broad SMARTS) is 1. The molecule has 3 N–H and O–H groups in total. The summed E-state index contributed by atoms with van der Waals surface area (Å²) >= 11 is 2.70. The van der Waals surface area contributed by atoms with Crippen LogP contribution in [-0.4, -0.2) is 40.2 Å². The third kappa shape index (κ3) is 6.96. The van der Waals surface area contributed by atoms with Gasteiger partial charge in [0.15, 0.2) is 5.13 Å². The van der Waals surface area contributed by atoms with Gasteiger partial charge in [0.05, 0.1) is 29.2 Å². The second kappa shape index (κ2) is 12.2. The molecular weight excluding hydrogens is 510 g/mol. The van der Waals surface area contributed by atoms with Crippen LogP contribution in [0.2, 0.25) is 0 Å². The zero-order chi connectivity index (χ0) is 26.2. The van der Waals surface area contributed by atoms with Crippen molar-refractivity contribution >= 4 is 51.7 Å². The summed E-state index contributed by atoms with van der Waals surface area (Å²) in [6.45, 7) is 2.54. The molecule has 0 aliphatic rings. The number of hydrogen-bond acceptors (Lipinski definition) is 7. The van der Waals surface area contributed by atoms with E-state index in [1.165, 1.54) is 35.2 Å². The molecule has 0 fully saturated rings. The van der Waals surface area contributed by atoms with Gasteiger partial charge in [0.25, 0.3) is 5.91 Å². The van der Waals surface area contributed by atoms with Crippen LogP contribution in [0.3, 0.4) is 0 Å². The molecular formula is C27H23N3O5S2. The molecule has 0 radical (unpaired) electrons. The number of anilines is 2. The zero-order valence-electron chi connectivity index (χ0n) is 19.8. The van der Waals surface area contributed by atoms with Crippen LogP contribution < -0.4 is 15.4 Å². The average molecular weight is 534 g/mol. The fraction of sp³-hybridized carbons (Fsp3) is 0.111. The summed E-state index contributed by atoms with van der Waals surface area (Å²) in [5.41, 5.74) is 2.25. The van der Waals surface area contributed by atoms with Crippen LogP contribution in [0.25, 0.3) is 11.3 Å². The molecule has 1 heterocycles. The van der Waals surface area contributed by atoms with Crippen molar-refractivity contribution in [2.75, 3.05) is 23.0 Å². The Labute approximate surface area is 221 Å². The summed E-state index contributed by atoms with van der Waals surface area (Å²) in [5, 5.41) is 17.2. The Bertz CT molecular complexity index is 1400. The number of aromatic carboxylic acids is 1. The first-order chi connectivity index (χ1) is 17.9. The largest absolute Gasteiger partial charge is 0.494 e. The second-order valence-electron chi connectivity index (χ2n) is 7.66. The summed E-state index contributed by atoms with van der Waals surface area (Å²) in [6.07, 6.45) is 0. The number of carboxylic acids is 1. The van der Waals surface area contributed by atoms with E-state index in [0.717, 1.165) is 21.9 Å². The Balaban J connectivity index is 1.28. The van der Waals surface area contributed by atoms with Crippen molar-refractivity contribution in [3.63, 3.8) is 0 Å². The molecule has 0 saturated carbocycles. The van der Waals surface area contributed by atoms with Crippen LogP contribution >= 0.6 is 23.1 Å². The molecule has 0 aliphatic heterocycles. The number of thiazole rings is 1. The molecule has 4 aromatic rings. The van der Waals surface area contributed by atoms with Crippen LogP contribution in [-0.2, 0) is 4.79 Å². The third-order valence-electron chi connectivity index (χ3n) is 5.10. The van der Waals surface area contributed by atoms with Crippen molar-refractivity contribution in [3.8, 4) is 17.0 Å². The Morgan fingerprint density at radius 3 is 2.32 bits per heavy atom. The molecule has 8 nitrogen and oxygen atoms in total. The summed E-state index contributed by atoms with van der Waals surface area (Å²) in [4.78, 5) is 41.6. The fourth-order valence-electron chi connectivity index (χ4n) is 3.36. The minimum Gasteiger partial charge on any atom is -0.494 e. The molecule has 3 aromatic carbocycles. The van der Waals surface area contributed by atoms with Crippen molar-refractivity contribution in [3.05, 3.63) is 89.3 Å². The first-order valence-corrected chi connectivity index (χ1v) is 13.1. The molecule has 0 spiro atoms. The minimum atomic E-state index is -1.17. The highest BCUT2D eigenvalue weighted by Gasteiger charge is 2.16. The highest BCUT2D eigenvalue weighted by molar-refractivity contribution is 8.00. The summed E-state index contributed by atoms with van der Waals surface area (Å²) < 4.78 is 5.46. The first-order valence-electron chi connectivity index (χ1n) is 11.3. The number of rotatable bonds is 10. The van der Waals surface area contributed by atoms with Crippen molar-refractivity contribution in [2.24, 2.45) is 0 Å². The lowest BCUT2D eigenvalue weighted by atomic mass is 10.1. The Kier molecular flexibility index (Phi) is 8.55. The molecule has 0 bridgehead atoms. The maximum absolute atomic E-state index is 12.5. The number of benzene rings is 3. The van der Waals surface area contributed by atoms with Gasteiger partial charge in [-0.25, -0.2) is 9.78 Å². The summed E-state index contributed by atoms with van der Waals surface area (Å²) in [7, 11) is 0. The molecule has 10 heteroatoms. The van der Waals surface area contributed by atoms with Gasteiger partial charge in [-0.05, 0) is 67.6 Å². The van der Waals surface area contributed by atoms with Crippen molar-refractivity contribution in [1.29, 1.82) is 0 Å². The highest BCUT2D eigenvalue weighted by Crippen LogP contribution is 2.27. The zero-order valence-corrected chi connectivity index (χ0v) is 21.4. The average Bonchev–Trinajstić information content (AvgIpc) is 3.37. The number of nitrogens with zero attached hydrogens (tertiary/aromatic N) is 1. The van der Waals surface area contributed by atoms with Gasteiger partial charge in [-0.2, -0.15) is 0 Å². The van der Waals surface area contributed by atoms with E-state index in [1.807, 2.05) is 36.6 Å². The topological polar surface area (TPSA) is 118 Å². The van der Waals surface area contributed by atoms with E-state index in [0.29, 0.717) is 17.4 Å². The summed E-state index contributed by atoms with van der Waals surface area (Å²) in [6, 6.07) is 20.6. The van der Waals surface area contributed by atoms with Crippen LogP contribution in [0.4, 0.5) is 10.8 Å². The number of amides is 2. The number of aromatic nitrogens is 1. The van der Waals surface area contributed by atoms with Gasteiger partial charge in [0, 0.05) is 21.5 Å². The van der Waals surface area contributed by atoms with Gasteiger partial charge >= 0.3 is 5.97 Å². The van der Waals surface area contributed by atoms with E-state index in [4.69, 9.17) is 4.74 Å². The SMILES string of the molecule is CCOc1ccc(-c2csc(NC(=O)CSc3ccc(NC(=O)c4ccccc4C(=O)O)cc3)n2)cc1. The smallest absolute Gasteiger partial charge is 0.336 e. The first kappa shape index (κ1) is 25.9. The molecule has 0 unspecified atom stereocenters. The van der Waals surface area contributed by atoms with Gasteiger partial charge in [-0.1, -0.05) is 12.1 Å². The van der Waals surface area contributed by atoms with Crippen LogP contribution in [0.15, 0.2) is 83.1 Å². The Morgan fingerprint density at radius 2 is 1.65 bits per heavy atom. The van der Waals surface area contributed by atoms with Crippen molar-refractivity contribution < 1.29 is 24.2 Å². The maximum Gasteiger partial charge on any atom is 0.336 e. The number of ether oxygens (including phenoxy) is 1. The molecule has 0 aliphatic carbocycles. The lowest BCUT2D eigenvalue weighted by molar-refractivity contribution is -0.113. The van der Waals surface area contributed by atoms with E-state index < -0.39 is 11.9 Å². The van der Waals surface area contributed by atoms with Crippen LogP contribution in [0, 0.1) is 0 Å². The highest BCUT2D eigenvalue weighted by atomic mass is 32.2. The van der Waals surface area contributed by atoms with E-state index in [1.54, 1.807) is 36.4 Å². The molecule has 2 amide bonds. The molecule has 188 valence electrons. The Morgan fingerprint density at radius 1 is 0.946 bits per heavy atom. The quantitative estimate of drug-likeness (QED) is 0.218. The normalized spacial score (nSPS) is 10.5. The lowest BCUT2D eigenvalue weighted by Gasteiger charge is -2.08. The maximum atomic E-state index is 12.5.